The maximum atomic E-state index is 12.5. The van der Waals surface area contributed by atoms with Crippen molar-refractivity contribution in [1.82, 2.24) is 9.88 Å². The van der Waals surface area contributed by atoms with E-state index in [1.54, 1.807) is 13.3 Å². The standard InChI is InChI=1S/C19H24N2O2/c1-3-12-21(19(22)15-16-7-5-4-6-8-16)13-10-17-9-11-20-18(14-17)23-2/h4-9,11,14H,3,10,12-13,15H2,1-2H3. The number of hydrogen-bond acceptors (Lipinski definition) is 3. The van der Waals surface area contributed by atoms with Crippen LogP contribution >= 0.6 is 0 Å². The van der Waals surface area contributed by atoms with E-state index >= 15 is 0 Å². The molecule has 0 aliphatic carbocycles. The van der Waals surface area contributed by atoms with Gasteiger partial charge in [0.05, 0.1) is 13.5 Å². The zero-order valence-corrected chi connectivity index (χ0v) is 13.9. The van der Waals surface area contributed by atoms with Gasteiger partial charge in [-0.3, -0.25) is 4.79 Å². The summed E-state index contributed by atoms with van der Waals surface area (Å²) in [6.45, 7) is 3.60. The van der Waals surface area contributed by atoms with E-state index in [2.05, 4.69) is 11.9 Å². The molecule has 4 nitrogen and oxygen atoms in total. The van der Waals surface area contributed by atoms with Gasteiger partial charge < -0.3 is 9.64 Å². The number of hydrogen-bond donors (Lipinski definition) is 0. The van der Waals surface area contributed by atoms with Crippen LogP contribution in [0.2, 0.25) is 0 Å². The number of carbonyl (C=O) groups is 1. The van der Waals surface area contributed by atoms with Crippen molar-refractivity contribution >= 4 is 5.91 Å². The monoisotopic (exact) mass is 312 g/mol. The van der Waals surface area contributed by atoms with Gasteiger partial charge in [-0.2, -0.15) is 0 Å². The highest BCUT2D eigenvalue weighted by atomic mass is 16.5. The summed E-state index contributed by atoms with van der Waals surface area (Å²) in [5, 5.41) is 0. The number of pyridine rings is 1. The minimum atomic E-state index is 0.180. The number of carbonyl (C=O) groups excluding carboxylic acids is 1. The third-order valence-corrected chi connectivity index (χ3v) is 3.72. The van der Waals surface area contributed by atoms with Crippen molar-refractivity contribution < 1.29 is 9.53 Å². The molecule has 23 heavy (non-hydrogen) atoms. The molecule has 1 aromatic carbocycles. The van der Waals surface area contributed by atoms with E-state index in [0.29, 0.717) is 18.8 Å². The Kier molecular flexibility index (Phi) is 6.60. The fourth-order valence-corrected chi connectivity index (χ4v) is 2.50. The van der Waals surface area contributed by atoms with Crippen LogP contribution in [0.5, 0.6) is 5.88 Å². The molecule has 0 aliphatic heterocycles. The minimum Gasteiger partial charge on any atom is -0.481 e. The summed E-state index contributed by atoms with van der Waals surface area (Å²) in [4.78, 5) is 18.6. The third kappa shape index (κ3) is 5.40. The zero-order chi connectivity index (χ0) is 16.5. The van der Waals surface area contributed by atoms with Gasteiger partial charge in [0, 0.05) is 25.4 Å². The van der Waals surface area contributed by atoms with Crippen LogP contribution in [0.4, 0.5) is 0 Å². The molecule has 0 aliphatic rings. The second-order valence-electron chi connectivity index (χ2n) is 5.50. The first kappa shape index (κ1) is 17.0. The SMILES string of the molecule is CCCN(CCc1ccnc(OC)c1)C(=O)Cc1ccccc1. The normalized spacial score (nSPS) is 10.3. The Bertz CT molecular complexity index is 614. The summed E-state index contributed by atoms with van der Waals surface area (Å²) in [6, 6.07) is 13.8. The first-order valence-electron chi connectivity index (χ1n) is 8.03. The largest absolute Gasteiger partial charge is 0.481 e. The van der Waals surface area contributed by atoms with E-state index in [4.69, 9.17) is 4.74 Å². The quantitative estimate of drug-likeness (QED) is 0.752. The van der Waals surface area contributed by atoms with Crippen molar-refractivity contribution in [2.45, 2.75) is 26.2 Å². The number of ether oxygens (including phenoxy) is 1. The van der Waals surface area contributed by atoms with Crippen molar-refractivity contribution in [2.24, 2.45) is 0 Å². The molecular formula is C19H24N2O2. The summed E-state index contributed by atoms with van der Waals surface area (Å²) in [6.07, 6.45) is 3.96. The average Bonchev–Trinajstić information content (AvgIpc) is 2.59. The van der Waals surface area contributed by atoms with Gasteiger partial charge in [0.1, 0.15) is 0 Å². The number of benzene rings is 1. The summed E-state index contributed by atoms with van der Waals surface area (Å²) in [7, 11) is 1.61. The molecule has 4 heteroatoms. The van der Waals surface area contributed by atoms with Crippen LogP contribution in [0.25, 0.3) is 0 Å². The lowest BCUT2D eigenvalue weighted by atomic mass is 10.1. The lowest BCUT2D eigenvalue weighted by Crippen LogP contribution is -2.34. The van der Waals surface area contributed by atoms with E-state index in [1.807, 2.05) is 47.4 Å². The van der Waals surface area contributed by atoms with Crippen LogP contribution in [0.15, 0.2) is 48.7 Å². The molecule has 0 saturated heterocycles. The van der Waals surface area contributed by atoms with E-state index in [9.17, 15) is 4.79 Å². The van der Waals surface area contributed by atoms with E-state index in [1.165, 1.54) is 0 Å². The van der Waals surface area contributed by atoms with Crippen LogP contribution in [-0.4, -0.2) is 36.0 Å². The topological polar surface area (TPSA) is 42.4 Å². The van der Waals surface area contributed by atoms with Gasteiger partial charge in [-0.25, -0.2) is 4.98 Å². The average molecular weight is 312 g/mol. The molecule has 0 spiro atoms. The first-order chi connectivity index (χ1) is 11.2. The summed E-state index contributed by atoms with van der Waals surface area (Å²) in [5.74, 6) is 0.791. The van der Waals surface area contributed by atoms with E-state index in [0.717, 1.165) is 30.5 Å². The van der Waals surface area contributed by atoms with Gasteiger partial charge in [-0.05, 0) is 30.0 Å². The molecule has 0 fully saturated rings. The van der Waals surface area contributed by atoms with Crippen molar-refractivity contribution in [3.63, 3.8) is 0 Å². The summed E-state index contributed by atoms with van der Waals surface area (Å²) < 4.78 is 5.14. The Balaban J connectivity index is 1.96. The molecule has 0 N–H and O–H groups in total. The van der Waals surface area contributed by atoms with Crippen LogP contribution in [0, 0.1) is 0 Å². The highest BCUT2D eigenvalue weighted by molar-refractivity contribution is 5.78. The zero-order valence-electron chi connectivity index (χ0n) is 13.9. The molecule has 0 unspecified atom stereocenters. The van der Waals surface area contributed by atoms with E-state index < -0.39 is 0 Å². The predicted molar refractivity (Wildman–Crippen MR) is 91.5 cm³/mol. The van der Waals surface area contributed by atoms with Crippen LogP contribution in [0.3, 0.4) is 0 Å². The van der Waals surface area contributed by atoms with Gasteiger partial charge in [-0.1, -0.05) is 37.3 Å². The van der Waals surface area contributed by atoms with Gasteiger partial charge in [0.15, 0.2) is 0 Å². The second-order valence-corrected chi connectivity index (χ2v) is 5.50. The molecule has 1 amide bonds. The van der Waals surface area contributed by atoms with Crippen LogP contribution in [-0.2, 0) is 17.6 Å². The smallest absolute Gasteiger partial charge is 0.226 e. The Hall–Kier alpha value is -2.36. The molecule has 1 aromatic heterocycles. The second kappa shape index (κ2) is 8.93. The number of rotatable bonds is 8. The highest BCUT2D eigenvalue weighted by Gasteiger charge is 2.13. The van der Waals surface area contributed by atoms with Gasteiger partial charge >= 0.3 is 0 Å². The molecule has 0 saturated carbocycles. The highest BCUT2D eigenvalue weighted by Crippen LogP contribution is 2.11. The van der Waals surface area contributed by atoms with E-state index in [-0.39, 0.29) is 5.91 Å². The van der Waals surface area contributed by atoms with Crippen LogP contribution in [0.1, 0.15) is 24.5 Å². The molecule has 2 rings (SSSR count). The van der Waals surface area contributed by atoms with Crippen molar-refractivity contribution in [3.05, 3.63) is 59.8 Å². The van der Waals surface area contributed by atoms with Crippen molar-refractivity contribution in [1.29, 1.82) is 0 Å². The fraction of sp³-hybridized carbons (Fsp3) is 0.368. The van der Waals surface area contributed by atoms with Crippen molar-refractivity contribution in [2.75, 3.05) is 20.2 Å². The number of amides is 1. The fourth-order valence-electron chi connectivity index (χ4n) is 2.50. The lowest BCUT2D eigenvalue weighted by molar-refractivity contribution is -0.130. The molecule has 0 atom stereocenters. The molecule has 2 aromatic rings. The lowest BCUT2D eigenvalue weighted by Gasteiger charge is -2.22. The minimum absolute atomic E-state index is 0.180. The number of methoxy groups -OCH3 is 1. The molecule has 0 bridgehead atoms. The maximum Gasteiger partial charge on any atom is 0.226 e. The number of aromatic nitrogens is 1. The summed E-state index contributed by atoms with van der Waals surface area (Å²) in [5.41, 5.74) is 2.19. The van der Waals surface area contributed by atoms with Gasteiger partial charge in [0.25, 0.3) is 0 Å². The molecule has 0 radical (unpaired) electrons. The van der Waals surface area contributed by atoms with Gasteiger partial charge in [-0.15, -0.1) is 0 Å². The molecule has 1 heterocycles. The Morgan fingerprint density at radius 1 is 1.13 bits per heavy atom. The Morgan fingerprint density at radius 2 is 1.91 bits per heavy atom. The molecule has 122 valence electrons. The predicted octanol–water partition coefficient (Wildman–Crippen LogP) is 3.11. The van der Waals surface area contributed by atoms with Crippen molar-refractivity contribution in [3.8, 4) is 5.88 Å². The Labute approximate surface area is 138 Å². The Morgan fingerprint density at radius 3 is 2.61 bits per heavy atom. The summed E-state index contributed by atoms with van der Waals surface area (Å²) >= 11 is 0. The van der Waals surface area contributed by atoms with Crippen LogP contribution < -0.4 is 4.74 Å². The molecular weight excluding hydrogens is 288 g/mol. The third-order valence-electron chi connectivity index (χ3n) is 3.72. The maximum absolute atomic E-state index is 12.5. The van der Waals surface area contributed by atoms with Gasteiger partial charge in [0.2, 0.25) is 11.8 Å². The number of nitrogens with zero attached hydrogens (tertiary/aromatic N) is 2. The first-order valence-corrected chi connectivity index (χ1v) is 8.03.